The van der Waals surface area contributed by atoms with Gasteiger partial charge in [0, 0.05) is 13.0 Å². The average Bonchev–Trinajstić information content (AvgIpc) is 2.52. The molecule has 6 heteroatoms. The Balaban J connectivity index is 2.00. The van der Waals surface area contributed by atoms with Gasteiger partial charge in [-0.2, -0.15) is 0 Å². The Kier molecular flexibility index (Phi) is 5.96. The number of carboxylic acids is 1. The number of fused-ring (bicyclic) bond motifs is 1. The lowest BCUT2D eigenvalue weighted by Gasteiger charge is -2.27. The standard InChI is InChI=1S/C18H25NO5/c1-18(2,3)24-11-9-14(17(21)22)19-16(20)15-13-7-5-4-6-12(13)8-10-23-15/h4-7,14-15H,8-11H2,1-3H3,(H,19,20)(H,21,22). The molecule has 0 radical (unpaired) electrons. The molecule has 0 bridgehead atoms. The minimum Gasteiger partial charge on any atom is -0.480 e. The molecule has 2 atom stereocenters. The summed E-state index contributed by atoms with van der Waals surface area (Å²) in [4.78, 5) is 23.9. The number of benzene rings is 1. The molecular weight excluding hydrogens is 310 g/mol. The van der Waals surface area contributed by atoms with Crippen LogP contribution in [0.15, 0.2) is 24.3 Å². The van der Waals surface area contributed by atoms with Gasteiger partial charge in [0.05, 0.1) is 12.2 Å². The molecular formula is C18H25NO5. The van der Waals surface area contributed by atoms with Crippen LogP contribution >= 0.6 is 0 Å². The van der Waals surface area contributed by atoms with Crippen molar-refractivity contribution in [3.8, 4) is 0 Å². The molecule has 2 N–H and O–H groups in total. The molecule has 132 valence electrons. The zero-order chi connectivity index (χ0) is 17.7. The van der Waals surface area contributed by atoms with E-state index in [-0.39, 0.29) is 18.6 Å². The minimum atomic E-state index is -1.08. The van der Waals surface area contributed by atoms with E-state index in [2.05, 4.69) is 5.32 Å². The summed E-state index contributed by atoms with van der Waals surface area (Å²) < 4.78 is 11.1. The highest BCUT2D eigenvalue weighted by Gasteiger charge is 2.30. The molecule has 1 heterocycles. The molecule has 2 rings (SSSR count). The van der Waals surface area contributed by atoms with Crippen molar-refractivity contribution < 1.29 is 24.2 Å². The molecule has 1 amide bonds. The van der Waals surface area contributed by atoms with Crippen LogP contribution in [0.3, 0.4) is 0 Å². The first-order valence-electron chi connectivity index (χ1n) is 8.14. The second kappa shape index (κ2) is 7.77. The molecule has 0 saturated heterocycles. The van der Waals surface area contributed by atoms with Gasteiger partial charge in [-0.25, -0.2) is 4.79 Å². The van der Waals surface area contributed by atoms with Gasteiger partial charge in [-0.1, -0.05) is 24.3 Å². The van der Waals surface area contributed by atoms with E-state index in [1.165, 1.54) is 0 Å². The molecule has 0 spiro atoms. The lowest BCUT2D eigenvalue weighted by atomic mass is 9.97. The Morgan fingerprint density at radius 2 is 2.08 bits per heavy atom. The van der Waals surface area contributed by atoms with E-state index >= 15 is 0 Å². The quantitative estimate of drug-likeness (QED) is 0.831. The summed E-state index contributed by atoms with van der Waals surface area (Å²) >= 11 is 0. The van der Waals surface area contributed by atoms with Crippen molar-refractivity contribution in [3.05, 3.63) is 35.4 Å². The highest BCUT2D eigenvalue weighted by atomic mass is 16.5. The van der Waals surface area contributed by atoms with Crippen LogP contribution in [0.4, 0.5) is 0 Å². The van der Waals surface area contributed by atoms with Gasteiger partial charge in [0.1, 0.15) is 6.04 Å². The summed E-state index contributed by atoms with van der Waals surface area (Å²) in [6.07, 6.45) is 0.189. The Labute approximate surface area is 142 Å². The normalized spacial score (nSPS) is 18.5. The van der Waals surface area contributed by atoms with Gasteiger partial charge in [0.15, 0.2) is 6.10 Å². The maximum atomic E-state index is 12.5. The number of ether oxygens (including phenoxy) is 2. The van der Waals surface area contributed by atoms with Crippen LogP contribution in [-0.4, -0.2) is 41.8 Å². The zero-order valence-corrected chi connectivity index (χ0v) is 14.4. The second-order valence-corrected chi connectivity index (χ2v) is 6.85. The lowest BCUT2D eigenvalue weighted by molar-refractivity contribution is -0.145. The number of carboxylic acid groups (broad SMARTS) is 1. The van der Waals surface area contributed by atoms with Gasteiger partial charge in [-0.3, -0.25) is 4.79 Å². The van der Waals surface area contributed by atoms with E-state index in [9.17, 15) is 14.7 Å². The summed E-state index contributed by atoms with van der Waals surface area (Å²) in [6, 6.07) is 6.57. The zero-order valence-electron chi connectivity index (χ0n) is 14.4. The Bertz CT molecular complexity index is 593. The minimum absolute atomic E-state index is 0.201. The van der Waals surface area contributed by atoms with Gasteiger partial charge in [-0.15, -0.1) is 0 Å². The average molecular weight is 335 g/mol. The first-order valence-corrected chi connectivity index (χ1v) is 8.14. The maximum Gasteiger partial charge on any atom is 0.326 e. The number of hydrogen-bond donors (Lipinski definition) is 2. The van der Waals surface area contributed by atoms with Crippen LogP contribution in [0.25, 0.3) is 0 Å². The maximum absolute atomic E-state index is 12.5. The number of rotatable bonds is 6. The van der Waals surface area contributed by atoms with Gasteiger partial charge >= 0.3 is 5.97 Å². The molecule has 1 aliphatic heterocycles. The van der Waals surface area contributed by atoms with Crippen molar-refractivity contribution in [1.29, 1.82) is 0 Å². The predicted molar refractivity (Wildman–Crippen MR) is 88.7 cm³/mol. The van der Waals surface area contributed by atoms with Gasteiger partial charge < -0.3 is 19.9 Å². The monoisotopic (exact) mass is 335 g/mol. The van der Waals surface area contributed by atoms with Crippen LogP contribution in [-0.2, 0) is 25.5 Å². The summed E-state index contributed by atoms with van der Waals surface area (Å²) in [5.74, 6) is -1.50. The fraction of sp³-hybridized carbons (Fsp3) is 0.556. The van der Waals surface area contributed by atoms with Crippen LogP contribution < -0.4 is 5.32 Å². The summed E-state index contributed by atoms with van der Waals surface area (Å²) in [5.41, 5.74) is 1.52. The first kappa shape index (κ1) is 18.4. The number of carbonyl (C=O) groups excluding carboxylic acids is 1. The third-order valence-corrected chi connectivity index (χ3v) is 3.79. The fourth-order valence-electron chi connectivity index (χ4n) is 2.60. The molecule has 1 aromatic carbocycles. The van der Waals surface area contributed by atoms with E-state index in [1.54, 1.807) is 0 Å². The van der Waals surface area contributed by atoms with Crippen molar-refractivity contribution in [2.45, 2.75) is 51.4 Å². The van der Waals surface area contributed by atoms with Crippen LogP contribution in [0, 0.1) is 0 Å². The summed E-state index contributed by atoms with van der Waals surface area (Å²) in [5, 5.41) is 11.9. The topological polar surface area (TPSA) is 84.9 Å². The molecule has 0 aromatic heterocycles. The van der Waals surface area contributed by atoms with Gasteiger partial charge in [-0.05, 0) is 38.3 Å². The van der Waals surface area contributed by atoms with Crippen LogP contribution in [0.1, 0.15) is 44.4 Å². The Morgan fingerprint density at radius 1 is 1.38 bits per heavy atom. The van der Waals surface area contributed by atoms with Crippen molar-refractivity contribution in [2.75, 3.05) is 13.2 Å². The van der Waals surface area contributed by atoms with E-state index in [0.717, 1.165) is 17.5 Å². The summed E-state index contributed by atoms with van der Waals surface area (Å²) in [6.45, 7) is 6.39. The summed E-state index contributed by atoms with van der Waals surface area (Å²) in [7, 11) is 0. The molecule has 1 aromatic rings. The molecule has 1 aliphatic rings. The predicted octanol–water partition coefficient (Wildman–Crippen LogP) is 2.07. The Morgan fingerprint density at radius 3 is 2.75 bits per heavy atom. The van der Waals surface area contributed by atoms with Gasteiger partial charge in [0.25, 0.3) is 5.91 Å². The van der Waals surface area contributed by atoms with Crippen LogP contribution in [0.2, 0.25) is 0 Å². The lowest BCUT2D eigenvalue weighted by Crippen LogP contribution is -2.45. The fourth-order valence-corrected chi connectivity index (χ4v) is 2.60. The highest BCUT2D eigenvalue weighted by Crippen LogP contribution is 2.27. The number of aliphatic carboxylic acids is 1. The smallest absolute Gasteiger partial charge is 0.326 e. The third-order valence-electron chi connectivity index (χ3n) is 3.79. The molecule has 0 saturated carbocycles. The highest BCUT2D eigenvalue weighted by molar-refractivity contribution is 5.87. The van der Waals surface area contributed by atoms with E-state index in [1.807, 2.05) is 45.0 Å². The molecule has 2 unspecified atom stereocenters. The number of nitrogens with one attached hydrogen (secondary N) is 1. The number of hydrogen-bond acceptors (Lipinski definition) is 4. The molecule has 0 aliphatic carbocycles. The van der Waals surface area contributed by atoms with E-state index in [4.69, 9.17) is 9.47 Å². The van der Waals surface area contributed by atoms with Crippen molar-refractivity contribution in [2.24, 2.45) is 0 Å². The number of amides is 1. The van der Waals surface area contributed by atoms with Gasteiger partial charge in [0.2, 0.25) is 0 Å². The van der Waals surface area contributed by atoms with Crippen molar-refractivity contribution in [3.63, 3.8) is 0 Å². The number of carbonyl (C=O) groups is 2. The largest absolute Gasteiger partial charge is 0.480 e. The van der Waals surface area contributed by atoms with Crippen LogP contribution in [0.5, 0.6) is 0 Å². The SMILES string of the molecule is CC(C)(C)OCCC(NC(=O)C1OCCc2ccccc21)C(=O)O. The molecule has 6 nitrogen and oxygen atoms in total. The molecule has 24 heavy (non-hydrogen) atoms. The van der Waals surface area contributed by atoms with E-state index in [0.29, 0.717) is 6.61 Å². The van der Waals surface area contributed by atoms with E-state index < -0.39 is 24.0 Å². The second-order valence-electron chi connectivity index (χ2n) is 6.85. The van der Waals surface area contributed by atoms with Crippen molar-refractivity contribution in [1.82, 2.24) is 5.32 Å². The third kappa shape index (κ3) is 5.04. The Hall–Kier alpha value is -1.92. The molecule has 0 fully saturated rings. The van der Waals surface area contributed by atoms with Crippen molar-refractivity contribution >= 4 is 11.9 Å². The first-order chi connectivity index (χ1) is 11.3.